The predicted molar refractivity (Wildman–Crippen MR) is 53.8 cm³/mol. The molecule has 2 nitrogen and oxygen atoms in total. The Morgan fingerprint density at radius 2 is 1.67 bits per heavy atom. The first-order valence-corrected chi connectivity index (χ1v) is 5.45. The van der Waals surface area contributed by atoms with E-state index in [2.05, 4.69) is 18.7 Å². The fourth-order valence-electron chi connectivity index (χ4n) is 1.87. The predicted octanol–water partition coefficient (Wildman–Crippen LogP) is 1.96. The summed E-state index contributed by atoms with van der Waals surface area (Å²) in [6.07, 6.45) is -3.00. The smallest absolute Gasteiger partial charge is 0.298 e. The third kappa shape index (κ3) is 4.38. The van der Waals surface area contributed by atoms with Crippen LogP contribution in [0.5, 0.6) is 0 Å². The summed E-state index contributed by atoms with van der Waals surface area (Å²) in [6.45, 7) is 6.04. The van der Waals surface area contributed by atoms with Crippen LogP contribution in [0, 0.1) is 0 Å². The number of hydrogen-bond acceptors (Lipinski definition) is 2. The molecule has 0 aromatic rings. The average molecular weight is 224 g/mol. The van der Waals surface area contributed by atoms with E-state index in [0.717, 1.165) is 19.5 Å². The molecular formula is C10H19F3N2. The van der Waals surface area contributed by atoms with Crippen molar-refractivity contribution in [3.05, 3.63) is 0 Å². The minimum atomic E-state index is -4.06. The number of nitrogens with zero attached hydrogens (tertiary/aromatic N) is 2. The van der Waals surface area contributed by atoms with Gasteiger partial charge in [-0.1, -0.05) is 6.92 Å². The number of piperazine rings is 1. The molecule has 0 N–H and O–H groups in total. The van der Waals surface area contributed by atoms with Gasteiger partial charge in [0.05, 0.1) is 6.54 Å². The second kappa shape index (κ2) is 5.16. The third-order valence-corrected chi connectivity index (χ3v) is 3.02. The standard InChI is InChI=1S/C10H19F3N2/c1-3-9(2)15-6-4-14(5-7-15)8-10(11,12)13/h9H,3-8H2,1-2H3. The number of alkyl halides is 3. The number of hydrogen-bond donors (Lipinski definition) is 0. The van der Waals surface area contributed by atoms with Crippen molar-refractivity contribution in [1.29, 1.82) is 0 Å². The van der Waals surface area contributed by atoms with Gasteiger partial charge in [0.1, 0.15) is 0 Å². The van der Waals surface area contributed by atoms with Crippen molar-refractivity contribution in [2.24, 2.45) is 0 Å². The molecule has 1 rings (SSSR count). The van der Waals surface area contributed by atoms with E-state index in [1.807, 2.05) is 0 Å². The summed E-state index contributed by atoms with van der Waals surface area (Å²) in [5, 5.41) is 0. The van der Waals surface area contributed by atoms with Crippen LogP contribution >= 0.6 is 0 Å². The molecule has 1 unspecified atom stereocenters. The lowest BCUT2D eigenvalue weighted by Crippen LogP contribution is -2.51. The molecule has 0 saturated carbocycles. The van der Waals surface area contributed by atoms with Crippen molar-refractivity contribution in [3.63, 3.8) is 0 Å². The minimum absolute atomic E-state index is 0.484. The molecule has 0 bridgehead atoms. The van der Waals surface area contributed by atoms with Crippen LogP contribution in [0.4, 0.5) is 13.2 Å². The summed E-state index contributed by atoms with van der Waals surface area (Å²) < 4.78 is 36.3. The zero-order valence-electron chi connectivity index (χ0n) is 9.35. The highest BCUT2D eigenvalue weighted by Gasteiger charge is 2.32. The molecular weight excluding hydrogens is 205 g/mol. The van der Waals surface area contributed by atoms with Gasteiger partial charge in [-0.2, -0.15) is 13.2 Å². The highest BCUT2D eigenvalue weighted by atomic mass is 19.4. The van der Waals surface area contributed by atoms with E-state index in [-0.39, 0.29) is 0 Å². The molecule has 0 aromatic heterocycles. The Morgan fingerprint density at radius 1 is 1.13 bits per heavy atom. The van der Waals surface area contributed by atoms with Gasteiger partial charge in [0.15, 0.2) is 0 Å². The Bertz CT molecular complexity index is 186. The van der Waals surface area contributed by atoms with E-state index in [0.29, 0.717) is 19.1 Å². The van der Waals surface area contributed by atoms with Crippen LogP contribution in [-0.2, 0) is 0 Å². The zero-order chi connectivity index (χ0) is 11.5. The number of rotatable bonds is 3. The Labute approximate surface area is 89.0 Å². The Kier molecular flexibility index (Phi) is 4.40. The first-order chi connectivity index (χ1) is 6.92. The molecule has 0 amide bonds. The van der Waals surface area contributed by atoms with Crippen molar-refractivity contribution in [1.82, 2.24) is 9.80 Å². The van der Waals surface area contributed by atoms with Gasteiger partial charge in [0.2, 0.25) is 0 Å². The quantitative estimate of drug-likeness (QED) is 0.723. The Hall–Kier alpha value is -0.290. The highest BCUT2D eigenvalue weighted by molar-refractivity contribution is 4.76. The van der Waals surface area contributed by atoms with Crippen molar-refractivity contribution in [2.75, 3.05) is 32.7 Å². The molecule has 1 aliphatic heterocycles. The van der Waals surface area contributed by atoms with Crippen LogP contribution < -0.4 is 0 Å². The Balaban J connectivity index is 2.30. The summed E-state index contributed by atoms with van der Waals surface area (Å²) in [7, 11) is 0. The van der Waals surface area contributed by atoms with E-state index in [1.165, 1.54) is 4.90 Å². The van der Waals surface area contributed by atoms with Crippen LogP contribution in [-0.4, -0.2) is 54.7 Å². The van der Waals surface area contributed by atoms with Crippen molar-refractivity contribution >= 4 is 0 Å². The molecule has 1 heterocycles. The number of halogens is 3. The topological polar surface area (TPSA) is 6.48 Å². The van der Waals surface area contributed by atoms with Gasteiger partial charge in [-0.3, -0.25) is 9.80 Å². The first-order valence-electron chi connectivity index (χ1n) is 5.45. The van der Waals surface area contributed by atoms with Gasteiger partial charge in [0.25, 0.3) is 0 Å². The van der Waals surface area contributed by atoms with E-state index in [9.17, 15) is 13.2 Å². The van der Waals surface area contributed by atoms with E-state index in [4.69, 9.17) is 0 Å². The molecule has 1 atom stereocenters. The second-order valence-corrected chi connectivity index (χ2v) is 4.18. The molecule has 0 spiro atoms. The van der Waals surface area contributed by atoms with Gasteiger partial charge in [-0.15, -0.1) is 0 Å². The van der Waals surface area contributed by atoms with E-state index >= 15 is 0 Å². The SMILES string of the molecule is CCC(C)N1CCN(CC(F)(F)F)CC1. The molecule has 1 saturated heterocycles. The van der Waals surface area contributed by atoms with Crippen molar-refractivity contribution < 1.29 is 13.2 Å². The van der Waals surface area contributed by atoms with Gasteiger partial charge in [-0.05, 0) is 13.3 Å². The van der Waals surface area contributed by atoms with Crippen LogP contribution in [0.15, 0.2) is 0 Å². The lowest BCUT2D eigenvalue weighted by Gasteiger charge is -2.37. The van der Waals surface area contributed by atoms with E-state index < -0.39 is 12.7 Å². The molecule has 15 heavy (non-hydrogen) atoms. The highest BCUT2D eigenvalue weighted by Crippen LogP contribution is 2.18. The maximum Gasteiger partial charge on any atom is 0.401 e. The summed E-state index contributed by atoms with van der Waals surface area (Å²) >= 11 is 0. The second-order valence-electron chi connectivity index (χ2n) is 4.18. The normalized spacial score (nSPS) is 23.0. The summed E-state index contributed by atoms with van der Waals surface area (Å²) in [5.74, 6) is 0. The fourth-order valence-corrected chi connectivity index (χ4v) is 1.87. The molecule has 90 valence electrons. The van der Waals surface area contributed by atoms with Crippen LogP contribution in [0.2, 0.25) is 0 Å². The summed E-state index contributed by atoms with van der Waals surface area (Å²) in [5.41, 5.74) is 0. The zero-order valence-corrected chi connectivity index (χ0v) is 9.35. The first kappa shape index (κ1) is 12.8. The molecule has 1 fully saturated rings. The van der Waals surface area contributed by atoms with Gasteiger partial charge in [-0.25, -0.2) is 0 Å². The van der Waals surface area contributed by atoms with Crippen molar-refractivity contribution in [3.8, 4) is 0 Å². The summed E-state index contributed by atoms with van der Waals surface area (Å²) in [4.78, 5) is 3.74. The largest absolute Gasteiger partial charge is 0.401 e. The molecule has 0 radical (unpaired) electrons. The minimum Gasteiger partial charge on any atom is -0.298 e. The Morgan fingerprint density at radius 3 is 2.07 bits per heavy atom. The van der Waals surface area contributed by atoms with Crippen LogP contribution in [0.25, 0.3) is 0 Å². The molecule has 5 heteroatoms. The van der Waals surface area contributed by atoms with Gasteiger partial charge < -0.3 is 0 Å². The average Bonchev–Trinajstić information content (AvgIpc) is 2.15. The fraction of sp³-hybridized carbons (Fsp3) is 1.00. The lowest BCUT2D eigenvalue weighted by molar-refractivity contribution is -0.149. The lowest BCUT2D eigenvalue weighted by atomic mass is 10.2. The molecule has 0 aromatic carbocycles. The van der Waals surface area contributed by atoms with Crippen LogP contribution in [0.1, 0.15) is 20.3 Å². The summed E-state index contributed by atoms with van der Waals surface area (Å²) in [6, 6.07) is 0.484. The van der Waals surface area contributed by atoms with Gasteiger partial charge >= 0.3 is 6.18 Å². The third-order valence-electron chi connectivity index (χ3n) is 3.02. The maximum absolute atomic E-state index is 12.1. The van der Waals surface area contributed by atoms with Crippen LogP contribution in [0.3, 0.4) is 0 Å². The monoisotopic (exact) mass is 224 g/mol. The van der Waals surface area contributed by atoms with E-state index in [1.54, 1.807) is 0 Å². The van der Waals surface area contributed by atoms with Gasteiger partial charge in [0, 0.05) is 32.2 Å². The maximum atomic E-state index is 12.1. The molecule has 1 aliphatic rings. The van der Waals surface area contributed by atoms with Crippen molar-refractivity contribution in [2.45, 2.75) is 32.5 Å². The molecule has 0 aliphatic carbocycles.